The highest BCUT2D eigenvalue weighted by molar-refractivity contribution is 5.96. The largest absolute Gasteiger partial charge is 0.491 e. The van der Waals surface area contributed by atoms with Crippen LogP contribution in [0.4, 0.5) is 5.69 Å². The third kappa shape index (κ3) is 6.41. The minimum absolute atomic E-state index is 0.125. The van der Waals surface area contributed by atoms with Crippen molar-refractivity contribution in [1.82, 2.24) is 20.6 Å². The van der Waals surface area contributed by atoms with Gasteiger partial charge in [0.15, 0.2) is 0 Å². The Kier molecular flexibility index (Phi) is 8.64. The molecule has 0 saturated heterocycles. The number of rotatable bonds is 11. The van der Waals surface area contributed by atoms with Gasteiger partial charge in [0, 0.05) is 17.0 Å². The number of ether oxygens (including phenoxy) is 1. The fourth-order valence-electron chi connectivity index (χ4n) is 4.89. The van der Waals surface area contributed by atoms with Gasteiger partial charge in [-0.25, -0.2) is 0 Å². The SMILES string of the molecule is C=CC(c1ccccc1)c1cc(-c2ccccc2-c2nn[nH]n2)cc(NC(=O)Cc2ccc(C)cc2)c1OCCC. The third-order valence-corrected chi connectivity index (χ3v) is 6.88. The van der Waals surface area contributed by atoms with Gasteiger partial charge in [0.25, 0.3) is 0 Å². The van der Waals surface area contributed by atoms with Crippen LogP contribution in [0.3, 0.4) is 0 Å². The molecule has 0 radical (unpaired) electrons. The number of aryl methyl sites for hydroxylation is 1. The maximum Gasteiger partial charge on any atom is 0.228 e. The Morgan fingerprint density at radius 3 is 2.41 bits per heavy atom. The van der Waals surface area contributed by atoms with Gasteiger partial charge in [-0.05, 0) is 52.9 Å². The second-order valence-corrected chi connectivity index (χ2v) is 9.91. The van der Waals surface area contributed by atoms with Crippen LogP contribution in [0.15, 0.2) is 104 Å². The van der Waals surface area contributed by atoms with Gasteiger partial charge in [-0.2, -0.15) is 5.21 Å². The Bertz CT molecular complexity index is 1610. The van der Waals surface area contributed by atoms with Crippen molar-refractivity contribution in [3.63, 3.8) is 0 Å². The number of nitrogens with one attached hydrogen (secondary N) is 2. The molecule has 5 aromatic rings. The van der Waals surface area contributed by atoms with Crippen LogP contribution in [0.5, 0.6) is 5.75 Å². The van der Waals surface area contributed by atoms with Crippen molar-refractivity contribution < 1.29 is 9.53 Å². The van der Waals surface area contributed by atoms with E-state index in [1.807, 2.05) is 85.8 Å². The molecule has 1 unspecified atom stereocenters. The molecule has 0 bridgehead atoms. The number of carbonyl (C=O) groups is 1. The standard InChI is InChI=1S/C34H33N5O2/c1-4-19-41-33-30(27(5-2)25-11-7-6-8-12-25)21-26(28-13-9-10-14-29(28)34-36-38-39-37-34)22-31(33)35-32(40)20-24-17-15-23(3)16-18-24/h5-18,21-22,27H,2,4,19-20H2,1,3H3,(H,35,40)(H,36,37,38,39). The summed E-state index contributed by atoms with van der Waals surface area (Å²) in [5.41, 5.74) is 7.29. The normalized spacial score (nSPS) is 11.6. The highest BCUT2D eigenvalue weighted by Gasteiger charge is 2.23. The lowest BCUT2D eigenvalue weighted by Crippen LogP contribution is -2.17. The van der Waals surface area contributed by atoms with Gasteiger partial charge in [-0.1, -0.05) is 97.4 Å². The van der Waals surface area contributed by atoms with Crippen LogP contribution in [0.2, 0.25) is 0 Å². The number of H-pyrrole nitrogens is 1. The zero-order chi connectivity index (χ0) is 28.6. The van der Waals surface area contributed by atoms with Gasteiger partial charge in [0.05, 0.1) is 18.7 Å². The van der Waals surface area contributed by atoms with Crippen LogP contribution >= 0.6 is 0 Å². The molecule has 0 aliphatic heterocycles. The molecule has 0 aliphatic carbocycles. The summed E-state index contributed by atoms with van der Waals surface area (Å²) < 4.78 is 6.38. The van der Waals surface area contributed by atoms with Crippen LogP contribution < -0.4 is 10.1 Å². The monoisotopic (exact) mass is 543 g/mol. The molecule has 0 aliphatic rings. The molecule has 0 fully saturated rings. The Labute approximate surface area is 240 Å². The van der Waals surface area contributed by atoms with E-state index in [9.17, 15) is 4.79 Å². The summed E-state index contributed by atoms with van der Waals surface area (Å²) in [6.07, 6.45) is 2.98. The van der Waals surface area contributed by atoms with Crippen molar-refractivity contribution in [3.8, 4) is 28.3 Å². The van der Waals surface area contributed by atoms with Gasteiger partial charge >= 0.3 is 0 Å². The lowest BCUT2D eigenvalue weighted by molar-refractivity contribution is -0.115. The van der Waals surface area contributed by atoms with Crippen molar-refractivity contribution in [2.75, 3.05) is 11.9 Å². The topological polar surface area (TPSA) is 92.8 Å². The predicted octanol–water partition coefficient (Wildman–Crippen LogP) is 7.13. The van der Waals surface area contributed by atoms with E-state index < -0.39 is 0 Å². The number of anilines is 1. The molecule has 2 N–H and O–H groups in total. The van der Waals surface area contributed by atoms with Crippen LogP contribution in [0.25, 0.3) is 22.5 Å². The van der Waals surface area contributed by atoms with Crippen LogP contribution in [-0.2, 0) is 11.2 Å². The van der Waals surface area contributed by atoms with Crippen molar-refractivity contribution in [2.45, 2.75) is 32.6 Å². The molecule has 0 saturated carbocycles. The molecule has 1 aromatic heterocycles. The van der Waals surface area contributed by atoms with E-state index in [1.54, 1.807) is 0 Å². The van der Waals surface area contributed by atoms with E-state index in [2.05, 4.69) is 57.6 Å². The Hall–Kier alpha value is -5.04. The van der Waals surface area contributed by atoms with E-state index in [1.165, 1.54) is 0 Å². The number of amides is 1. The van der Waals surface area contributed by atoms with Crippen LogP contribution in [0.1, 0.15) is 41.5 Å². The Morgan fingerprint density at radius 2 is 1.73 bits per heavy atom. The van der Waals surface area contributed by atoms with Crippen molar-refractivity contribution in [3.05, 3.63) is 126 Å². The predicted molar refractivity (Wildman–Crippen MR) is 163 cm³/mol. The maximum atomic E-state index is 13.4. The van der Waals surface area contributed by atoms with Gasteiger partial charge in [0.2, 0.25) is 11.7 Å². The number of benzene rings is 4. The number of aromatic amines is 1. The molecule has 4 aromatic carbocycles. The molecule has 1 amide bonds. The molecule has 206 valence electrons. The highest BCUT2D eigenvalue weighted by atomic mass is 16.5. The summed E-state index contributed by atoms with van der Waals surface area (Å²) in [4.78, 5) is 13.4. The molecule has 41 heavy (non-hydrogen) atoms. The van der Waals surface area contributed by atoms with Gasteiger partial charge in [0.1, 0.15) is 5.75 Å². The number of nitrogens with zero attached hydrogens (tertiary/aromatic N) is 3. The smallest absolute Gasteiger partial charge is 0.228 e. The maximum absolute atomic E-state index is 13.4. The van der Waals surface area contributed by atoms with Gasteiger partial charge in [-0.3, -0.25) is 4.79 Å². The number of carbonyl (C=O) groups excluding carboxylic acids is 1. The summed E-state index contributed by atoms with van der Waals surface area (Å²) in [5.74, 6) is 0.827. The van der Waals surface area contributed by atoms with E-state index in [0.717, 1.165) is 45.4 Å². The molecule has 1 heterocycles. The van der Waals surface area contributed by atoms with Crippen molar-refractivity contribution in [2.24, 2.45) is 0 Å². The Balaban J connectivity index is 1.66. The van der Waals surface area contributed by atoms with Gasteiger partial charge < -0.3 is 10.1 Å². The quantitative estimate of drug-likeness (QED) is 0.173. The van der Waals surface area contributed by atoms with E-state index in [0.29, 0.717) is 23.9 Å². The second-order valence-electron chi connectivity index (χ2n) is 9.91. The molecule has 7 nitrogen and oxygen atoms in total. The first-order valence-corrected chi connectivity index (χ1v) is 13.7. The number of hydrogen-bond donors (Lipinski definition) is 2. The van der Waals surface area contributed by atoms with Gasteiger partial charge in [-0.15, -0.1) is 16.8 Å². The van der Waals surface area contributed by atoms with E-state index in [4.69, 9.17) is 4.74 Å². The second kappa shape index (κ2) is 12.9. The first-order valence-electron chi connectivity index (χ1n) is 13.7. The minimum Gasteiger partial charge on any atom is -0.491 e. The lowest BCUT2D eigenvalue weighted by Gasteiger charge is -2.23. The molecular formula is C34H33N5O2. The summed E-state index contributed by atoms with van der Waals surface area (Å²) in [6, 6.07) is 30.1. The van der Waals surface area contributed by atoms with Crippen molar-refractivity contribution >= 4 is 11.6 Å². The zero-order valence-corrected chi connectivity index (χ0v) is 23.3. The van der Waals surface area contributed by atoms with Crippen LogP contribution in [-0.4, -0.2) is 33.1 Å². The van der Waals surface area contributed by atoms with E-state index >= 15 is 0 Å². The molecule has 7 heteroatoms. The summed E-state index contributed by atoms with van der Waals surface area (Å²) >= 11 is 0. The summed E-state index contributed by atoms with van der Waals surface area (Å²) in [6.45, 7) is 8.77. The molecule has 1 atom stereocenters. The van der Waals surface area contributed by atoms with Crippen LogP contribution in [0, 0.1) is 6.92 Å². The molecule has 5 rings (SSSR count). The summed E-state index contributed by atoms with van der Waals surface area (Å²) in [7, 11) is 0. The third-order valence-electron chi connectivity index (χ3n) is 6.88. The lowest BCUT2D eigenvalue weighted by atomic mass is 9.87. The fourth-order valence-corrected chi connectivity index (χ4v) is 4.89. The van der Waals surface area contributed by atoms with Crippen molar-refractivity contribution in [1.29, 1.82) is 0 Å². The number of aromatic nitrogens is 4. The zero-order valence-electron chi connectivity index (χ0n) is 23.3. The Morgan fingerprint density at radius 1 is 1.00 bits per heavy atom. The molecular weight excluding hydrogens is 510 g/mol. The summed E-state index contributed by atoms with van der Waals surface area (Å²) in [5, 5.41) is 17.9. The number of tetrazole rings is 1. The van der Waals surface area contributed by atoms with E-state index in [-0.39, 0.29) is 18.2 Å². The first-order chi connectivity index (χ1) is 20.1. The average Bonchev–Trinajstić information content (AvgIpc) is 3.54. The highest BCUT2D eigenvalue weighted by Crippen LogP contribution is 2.43. The minimum atomic E-state index is -0.173. The number of hydrogen-bond acceptors (Lipinski definition) is 5. The average molecular weight is 544 g/mol. The number of allylic oxidation sites excluding steroid dienone is 1. The molecule has 0 spiro atoms. The fraction of sp³-hybridized carbons (Fsp3) is 0.176. The first kappa shape index (κ1) is 27.5.